The Morgan fingerprint density at radius 2 is 2.33 bits per heavy atom. The minimum Gasteiger partial charge on any atom is -0.396 e. The summed E-state index contributed by atoms with van der Waals surface area (Å²) in [5.41, 5.74) is 1.35. The van der Waals surface area contributed by atoms with E-state index in [-0.39, 0.29) is 12.5 Å². The summed E-state index contributed by atoms with van der Waals surface area (Å²) < 4.78 is 1.62. The fourth-order valence-electron chi connectivity index (χ4n) is 1.36. The van der Waals surface area contributed by atoms with E-state index >= 15 is 0 Å². The lowest BCUT2D eigenvalue weighted by atomic mass is 10.2. The molecule has 0 fully saturated rings. The van der Waals surface area contributed by atoms with Crippen molar-refractivity contribution in [2.75, 3.05) is 13.2 Å². The fourth-order valence-corrected chi connectivity index (χ4v) is 1.36. The van der Waals surface area contributed by atoms with Crippen LogP contribution < -0.4 is 5.32 Å². The number of aryl methyl sites for hydroxylation is 2. The van der Waals surface area contributed by atoms with Crippen molar-refractivity contribution in [2.45, 2.75) is 19.8 Å². The zero-order chi connectivity index (χ0) is 11.3. The Labute approximate surface area is 89.1 Å². The third-order valence-corrected chi connectivity index (χ3v) is 2.13. The Morgan fingerprint density at radius 3 is 2.87 bits per heavy atom. The van der Waals surface area contributed by atoms with Crippen molar-refractivity contribution in [3.05, 3.63) is 17.5 Å². The van der Waals surface area contributed by atoms with Gasteiger partial charge in [0.2, 0.25) is 0 Å². The van der Waals surface area contributed by atoms with Gasteiger partial charge in [-0.25, -0.2) is 0 Å². The summed E-state index contributed by atoms with van der Waals surface area (Å²) in [6.45, 7) is 2.57. The molecule has 5 heteroatoms. The van der Waals surface area contributed by atoms with Crippen molar-refractivity contribution in [3.63, 3.8) is 0 Å². The van der Waals surface area contributed by atoms with Crippen LogP contribution in [0.1, 0.15) is 28.9 Å². The van der Waals surface area contributed by atoms with Crippen molar-refractivity contribution in [1.82, 2.24) is 15.1 Å². The highest BCUT2D eigenvalue weighted by molar-refractivity contribution is 5.94. The van der Waals surface area contributed by atoms with Gasteiger partial charge in [-0.15, -0.1) is 0 Å². The molecule has 0 saturated heterocycles. The molecule has 0 bridgehead atoms. The van der Waals surface area contributed by atoms with E-state index in [0.29, 0.717) is 18.5 Å². The molecule has 0 aliphatic carbocycles. The standard InChI is InChI=1S/C10H17N3O2/c1-8-9(7-13(2)12-8)10(15)11-5-3-4-6-14/h7,14H,3-6H2,1-2H3,(H,11,15). The Hall–Kier alpha value is -1.36. The van der Waals surface area contributed by atoms with Gasteiger partial charge in [-0.1, -0.05) is 0 Å². The van der Waals surface area contributed by atoms with Gasteiger partial charge in [0.1, 0.15) is 0 Å². The van der Waals surface area contributed by atoms with Crippen molar-refractivity contribution in [3.8, 4) is 0 Å². The first-order valence-corrected chi connectivity index (χ1v) is 5.04. The smallest absolute Gasteiger partial charge is 0.254 e. The average Bonchev–Trinajstić information content (AvgIpc) is 2.52. The average molecular weight is 211 g/mol. The molecule has 0 saturated carbocycles. The second-order valence-corrected chi connectivity index (χ2v) is 3.49. The number of amides is 1. The van der Waals surface area contributed by atoms with Crippen LogP contribution in [0.25, 0.3) is 0 Å². The lowest BCUT2D eigenvalue weighted by Crippen LogP contribution is -2.24. The second kappa shape index (κ2) is 5.50. The molecule has 0 unspecified atom stereocenters. The van der Waals surface area contributed by atoms with E-state index in [1.54, 1.807) is 17.9 Å². The zero-order valence-corrected chi connectivity index (χ0v) is 9.16. The van der Waals surface area contributed by atoms with E-state index in [9.17, 15) is 4.79 Å². The molecular weight excluding hydrogens is 194 g/mol. The van der Waals surface area contributed by atoms with Crippen LogP contribution in [0.15, 0.2) is 6.20 Å². The molecule has 0 atom stereocenters. The Bertz CT molecular complexity index is 333. The van der Waals surface area contributed by atoms with E-state index in [2.05, 4.69) is 10.4 Å². The molecule has 2 N–H and O–H groups in total. The first kappa shape index (κ1) is 11.7. The zero-order valence-electron chi connectivity index (χ0n) is 9.16. The summed E-state index contributed by atoms with van der Waals surface area (Å²) in [7, 11) is 1.79. The molecule has 1 aromatic heterocycles. The number of hydrogen-bond acceptors (Lipinski definition) is 3. The van der Waals surface area contributed by atoms with E-state index in [1.165, 1.54) is 0 Å². The number of aromatic nitrogens is 2. The van der Waals surface area contributed by atoms with Crippen molar-refractivity contribution in [1.29, 1.82) is 0 Å². The normalized spacial score (nSPS) is 10.3. The fraction of sp³-hybridized carbons (Fsp3) is 0.600. The SMILES string of the molecule is Cc1nn(C)cc1C(=O)NCCCCO. The maximum Gasteiger partial charge on any atom is 0.254 e. The third-order valence-electron chi connectivity index (χ3n) is 2.13. The van der Waals surface area contributed by atoms with Crippen molar-refractivity contribution in [2.24, 2.45) is 7.05 Å². The van der Waals surface area contributed by atoms with Crippen LogP contribution in [0.2, 0.25) is 0 Å². The van der Waals surface area contributed by atoms with Crippen LogP contribution in [0.3, 0.4) is 0 Å². The highest BCUT2D eigenvalue weighted by atomic mass is 16.2. The summed E-state index contributed by atoms with van der Waals surface area (Å²) in [6, 6.07) is 0. The number of carbonyl (C=O) groups excluding carboxylic acids is 1. The first-order valence-electron chi connectivity index (χ1n) is 5.04. The molecule has 0 aliphatic heterocycles. The predicted octanol–water partition coefficient (Wildman–Crippen LogP) is 0.231. The maximum atomic E-state index is 11.6. The number of unbranched alkanes of at least 4 members (excludes halogenated alkanes) is 1. The number of aliphatic hydroxyl groups excluding tert-OH is 1. The van der Waals surface area contributed by atoms with Crippen LogP contribution in [-0.2, 0) is 7.05 Å². The summed E-state index contributed by atoms with van der Waals surface area (Å²) in [5.74, 6) is -0.0986. The molecule has 5 nitrogen and oxygen atoms in total. The van der Waals surface area contributed by atoms with Gasteiger partial charge in [0.15, 0.2) is 0 Å². The van der Waals surface area contributed by atoms with Crippen LogP contribution in [0, 0.1) is 6.92 Å². The molecule has 0 aliphatic rings. The number of nitrogens with one attached hydrogen (secondary N) is 1. The molecule has 1 heterocycles. The molecule has 15 heavy (non-hydrogen) atoms. The molecule has 0 aromatic carbocycles. The van der Waals surface area contributed by atoms with Gasteiger partial charge < -0.3 is 10.4 Å². The minimum absolute atomic E-state index is 0.0986. The van der Waals surface area contributed by atoms with Gasteiger partial charge >= 0.3 is 0 Å². The number of carbonyl (C=O) groups is 1. The quantitative estimate of drug-likeness (QED) is 0.685. The first-order chi connectivity index (χ1) is 7.15. The van der Waals surface area contributed by atoms with Gasteiger partial charge in [0.25, 0.3) is 5.91 Å². The second-order valence-electron chi connectivity index (χ2n) is 3.49. The van der Waals surface area contributed by atoms with E-state index < -0.39 is 0 Å². The molecule has 1 amide bonds. The lowest BCUT2D eigenvalue weighted by molar-refractivity contribution is 0.0951. The molecule has 0 spiro atoms. The summed E-state index contributed by atoms with van der Waals surface area (Å²) in [4.78, 5) is 11.6. The van der Waals surface area contributed by atoms with Crippen LogP contribution in [0.4, 0.5) is 0 Å². The van der Waals surface area contributed by atoms with Gasteiger partial charge in [-0.3, -0.25) is 9.48 Å². The maximum absolute atomic E-state index is 11.6. The predicted molar refractivity (Wildman–Crippen MR) is 56.6 cm³/mol. The number of hydrogen-bond donors (Lipinski definition) is 2. The largest absolute Gasteiger partial charge is 0.396 e. The summed E-state index contributed by atoms with van der Waals surface area (Å²) in [5, 5.41) is 15.4. The van der Waals surface area contributed by atoms with E-state index in [1.807, 2.05) is 6.92 Å². The van der Waals surface area contributed by atoms with Gasteiger partial charge in [0.05, 0.1) is 11.3 Å². The number of aliphatic hydroxyl groups is 1. The van der Waals surface area contributed by atoms with E-state index in [4.69, 9.17) is 5.11 Å². The molecule has 84 valence electrons. The molecule has 1 rings (SSSR count). The number of rotatable bonds is 5. The van der Waals surface area contributed by atoms with Gasteiger partial charge in [-0.05, 0) is 19.8 Å². The summed E-state index contributed by atoms with van der Waals surface area (Å²) in [6.07, 6.45) is 3.21. The third kappa shape index (κ3) is 3.36. The highest BCUT2D eigenvalue weighted by Gasteiger charge is 2.11. The molecule has 1 aromatic rings. The van der Waals surface area contributed by atoms with Gasteiger partial charge in [-0.2, -0.15) is 5.10 Å². The van der Waals surface area contributed by atoms with Crippen LogP contribution in [-0.4, -0.2) is 33.9 Å². The van der Waals surface area contributed by atoms with Crippen molar-refractivity contribution < 1.29 is 9.90 Å². The minimum atomic E-state index is -0.0986. The molecule has 0 radical (unpaired) electrons. The summed E-state index contributed by atoms with van der Waals surface area (Å²) >= 11 is 0. The Balaban J connectivity index is 2.43. The number of nitrogens with zero attached hydrogens (tertiary/aromatic N) is 2. The molecular formula is C10H17N3O2. The van der Waals surface area contributed by atoms with Crippen LogP contribution in [0.5, 0.6) is 0 Å². The Kier molecular flexibility index (Phi) is 4.30. The van der Waals surface area contributed by atoms with Crippen LogP contribution >= 0.6 is 0 Å². The van der Waals surface area contributed by atoms with Crippen molar-refractivity contribution >= 4 is 5.91 Å². The monoisotopic (exact) mass is 211 g/mol. The van der Waals surface area contributed by atoms with E-state index in [0.717, 1.165) is 12.1 Å². The Morgan fingerprint density at radius 1 is 1.60 bits per heavy atom. The van der Waals surface area contributed by atoms with Gasteiger partial charge in [0, 0.05) is 26.4 Å². The highest BCUT2D eigenvalue weighted by Crippen LogP contribution is 2.03. The lowest BCUT2D eigenvalue weighted by Gasteiger charge is -2.02. The topological polar surface area (TPSA) is 67.2 Å².